The van der Waals surface area contributed by atoms with Crippen molar-refractivity contribution in [3.63, 3.8) is 0 Å². The molecular formula is C15H23NOS. The molecule has 100 valence electrons. The second-order valence-corrected chi connectivity index (χ2v) is 5.98. The molecule has 0 bridgehead atoms. The molecule has 1 aromatic rings. The fourth-order valence-corrected chi connectivity index (χ4v) is 3.50. The van der Waals surface area contributed by atoms with Gasteiger partial charge in [0, 0.05) is 6.04 Å². The molecule has 0 amide bonds. The summed E-state index contributed by atoms with van der Waals surface area (Å²) in [6.45, 7) is 1.12. The Balaban J connectivity index is 1.68. The first-order chi connectivity index (χ1) is 8.90. The van der Waals surface area contributed by atoms with Gasteiger partial charge in [-0.3, -0.25) is 0 Å². The second-order valence-electron chi connectivity index (χ2n) is 4.76. The summed E-state index contributed by atoms with van der Waals surface area (Å²) in [5, 5.41) is 3.68. The molecule has 0 saturated carbocycles. The van der Waals surface area contributed by atoms with Crippen LogP contribution in [0.2, 0.25) is 0 Å². The summed E-state index contributed by atoms with van der Waals surface area (Å²) in [4.78, 5) is 0. The predicted octanol–water partition coefficient (Wildman–Crippen LogP) is 3.11. The number of aryl methyl sites for hydroxylation is 1. The lowest BCUT2D eigenvalue weighted by Crippen LogP contribution is -2.33. The predicted molar refractivity (Wildman–Crippen MR) is 79.7 cm³/mol. The van der Waals surface area contributed by atoms with E-state index in [2.05, 4.69) is 29.2 Å². The monoisotopic (exact) mass is 265 g/mol. The highest BCUT2D eigenvalue weighted by Crippen LogP contribution is 2.19. The van der Waals surface area contributed by atoms with Crippen molar-refractivity contribution in [2.24, 2.45) is 0 Å². The minimum atomic E-state index is 0.754. The maximum absolute atomic E-state index is 5.37. The molecule has 1 aromatic carbocycles. The van der Waals surface area contributed by atoms with Gasteiger partial charge in [-0.05, 0) is 55.4 Å². The molecule has 3 heteroatoms. The number of benzene rings is 1. The van der Waals surface area contributed by atoms with Gasteiger partial charge in [0.2, 0.25) is 0 Å². The SMILES string of the molecule is COc1ccccc1CCCNC1CCSCC1. The van der Waals surface area contributed by atoms with E-state index in [-0.39, 0.29) is 0 Å². The molecule has 2 nitrogen and oxygen atoms in total. The van der Waals surface area contributed by atoms with Gasteiger partial charge in [0.15, 0.2) is 0 Å². The van der Waals surface area contributed by atoms with E-state index in [1.54, 1.807) is 7.11 Å². The number of ether oxygens (including phenoxy) is 1. The van der Waals surface area contributed by atoms with Crippen LogP contribution in [0.15, 0.2) is 24.3 Å². The third-order valence-electron chi connectivity index (χ3n) is 3.47. The number of hydrogen-bond acceptors (Lipinski definition) is 3. The van der Waals surface area contributed by atoms with E-state index in [0.29, 0.717) is 0 Å². The fraction of sp³-hybridized carbons (Fsp3) is 0.600. The number of para-hydroxylation sites is 1. The van der Waals surface area contributed by atoms with Crippen molar-refractivity contribution in [3.05, 3.63) is 29.8 Å². The molecule has 0 unspecified atom stereocenters. The van der Waals surface area contributed by atoms with Crippen molar-refractivity contribution in [1.29, 1.82) is 0 Å². The average Bonchev–Trinajstić information content (AvgIpc) is 2.45. The van der Waals surface area contributed by atoms with Gasteiger partial charge in [0.1, 0.15) is 5.75 Å². The molecular weight excluding hydrogens is 242 g/mol. The van der Waals surface area contributed by atoms with Gasteiger partial charge in [-0.25, -0.2) is 0 Å². The Bertz CT molecular complexity index is 350. The van der Waals surface area contributed by atoms with Gasteiger partial charge < -0.3 is 10.1 Å². The third-order valence-corrected chi connectivity index (χ3v) is 4.52. The third kappa shape index (κ3) is 4.21. The Morgan fingerprint density at radius 1 is 1.28 bits per heavy atom. The zero-order valence-electron chi connectivity index (χ0n) is 11.2. The Morgan fingerprint density at radius 3 is 2.83 bits per heavy atom. The molecule has 1 N–H and O–H groups in total. The number of methoxy groups -OCH3 is 1. The van der Waals surface area contributed by atoms with Crippen molar-refractivity contribution < 1.29 is 4.74 Å². The van der Waals surface area contributed by atoms with E-state index in [1.165, 1.54) is 36.3 Å². The van der Waals surface area contributed by atoms with Crippen LogP contribution in [0.5, 0.6) is 5.75 Å². The number of thioether (sulfide) groups is 1. The Hall–Kier alpha value is -0.670. The first kappa shape index (κ1) is 13.8. The van der Waals surface area contributed by atoms with Crippen molar-refractivity contribution >= 4 is 11.8 Å². The highest BCUT2D eigenvalue weighted by atomic mass is 32.2. The molecule has 0 radical (unpaired) electrons. The van der Waals surface area contributed by atoms with E-state index in [1.807, 2.05) is 12.1 Å². The van der Waals surface area contributed by atoms with Crippen molar-refractivity contribution in [3.8, 4) is 5.75 Å². The van der Waals surface area contributed by atoms with Crippen molar-refractivity contribution in [1.82, 2.24) is 5.32 Å². The number of hydrogen-bond donors (Lipinski definition) is 1. The molecule has 1 fully saturated rings. The van der Waals surface area contributed by atoms with Crippen LogP contribution in [0.25, 0.3) is 0 Å². The first-order valence-electron chi connectivity index (χ1n) is 6.83. The van der Waals surface area contributed by atoms with E-state index in [0.717, 1.165) is 24.8 Å². The zero-order valence-corrected chi connectivity index (χ0v) is 12.0. The lowest BCUT2D eigenvalue weighted by molar-refractivity contribution is 0.408. The van der Waals surface area contributed by atoms with E-state index in [4.69, 9.17) is 4.74 Å². The summed E-state index contributed by atoms with van der Waals surface area (Å²) in [6, 6.07) is 9.07. The van der Waals surface area contributed by atoms with Crippen LogP contribution in [0.4, 0.5) is 0 Å². The lowest BCUT2D eigenvalue weighted by atomic mass is 10.1. The van der Waals surface area contributed by atoms with Crippen molar-refractivity contribution in [2.45, 2.75) is 31.7 Å². The van der Waals surface area contributed by atoms with Gasteiger partial charge in [0.25, 0.3) is 0 Å². The molecule has 0 atom stereocenters. The summed E-state index contributed by atoms with van der Waals surface area (Å²) in [5.74, 6) is 3.67. The lowest BCUT2D eigenvalue weighted by Gasteiger charge is -2.22. The Kier molecular flexibility index (Phi) is 5.88. The molecule has 1 saturated heterocycles. The molecule has 18 heavy (non-hydrogen) atoms. The molecule has 1 heterocycles. The minimum Gasteiger partial charge on any atom is -0.496 e. The zero-order chi connectivity index (χ0) is 12.6. The standard InChI is InChI=1S/C15H23NOS/c1-17-15-7-3-2-5-13(15)6-4-10-16-14-8-11-18-12-9-14/h2-3,5,7,14,16H,4,6,8-12H2,1H3. The van der Waals surface area contributed by atoms with E-state index >= 15 is 0 Å². The number of rotatable bonds is 6. The Labute approximate surface area is 114 Å². The van der Waals surface area contributed by atoms with E-state index < -0.39 is 0 Å². The summed E-state index contributed by atoms with van der Waals surface area (Å²) < 4.78 is 5.37. The molecule has 0 aromatic heterocycles. The van der Waals surface area contributed by atoms with E-state index in [9.17, 15) is 0 Å². The van der Waals surface area contributed by atoms with Gasteiger partial charge in [-0.1, -0.05) is 18.2 Å². The van der Waals surface area contributed by atoms with Gasteiger partial charge in [0.05, 0.1) is 7.11 Å². The van der Waals surface area contributed by atoms with Crippen LogP contribution in [0.1, 0.15) is 24.8 Å². The number of nitrogens with one attached hydrogen (secondary N) is 1. The Morgan fingerprint density at radius 2 is 2.06 bits per heavy atom. The van der Waals surface area contributed by atoms with Crippen LogP contribution in [-0.4, -0.2) is 31.2 Å². The molecule has 1 aliphatic heterocycles. The first-order valence-corrected chi connectivity index (χ1v) is 7.98. The minimum absolute atomic E-state index is 0.754. The second kappa shape index (κ2) is 7.70. The summed E-state index contributed by atoms with van der Waals surface area (Å²) in [6.07, 6.45) is 4.95. The molecule has 0 aliphatic carbocycles. The largest absolute Gasteiger partial charge is 0.496 e. The molecule has 0 spiro atoms. The van der Waals surface area contributed by atoms with Crippen LogP contribution in [-0.2, 0) is 6.42 Å². The highest BCUT2D eigenvalue weighted by Gasteiger charge is 2.12. The summed E-state index contributed by atoms with van der Waals surface area (Å²) in [7, 11) is 1.75. The summed E-state index contributed by atoms with van der Waals surface area (Å²) in [5.41, 5.74) is 1.32. The molecule has 2 rings (SSSR count). The highest BCUT2D eigenvalue weighted by molar-refractivity contribution is 7.99. The summed E-state index contributed by atoms with van der Waals surface area (Å²) >= 11 is 2.08. The van der Waals surface area contributed by atoms with Crippen LogP contribution in [0.3, 0.4) is 0 Å². The molecule has 1 aliphatic rings. The smallest absolute Gasteiger partial charge is 0.122 e. The average molecular weight is 265 g/mol. The van der Waals surface area contributed by atoms with Crippen LogP contribution >= 0.6 is 11.8 Å². The quantitative estimate of drug-likeness (QED) is 0.799. The van der Waals surface area contributed by atoms with Gasteiger partial charge in [-0.2, -0.15) is 11.8 Å². The van der Waals surface area contributed by atoms with Crippen LogP contribution < -0.4 is 10.1 Å². The van der Waals surface area contributed by atoms with Crippen LogP contribution in [0, 0.1) is 0 Å². The fourth-order valence-electron chi connectivity index (χ4n) is 2.40. The normalized spacial score (nSPS) is 16.7. The van der Waals surface area contributed by atoms with Gasteiger partial charge in [-0.15, -0.1) is 0 Å². The van der Waals surface area contributed by atoms with Crippen molar-refractivity contribution in [2.75, 3.05) is 25.2 Å². The maximum Gasteiger partial charge on any atom is 0.122 e. The topological polar surface area (TPSA) is 21.3 Å². The maximum atomic E-state index is 5.37. The van der Waals surface area contributed by atoms with Gasteiger partial charge >= 0.3 is 0 Å².